The molecule has 1 amide bonds. The smallest absolute Gasteiger partial charge is 0.335 e. The highest BCUT2D eigenvalue weighted by atomic mass is 16.5. The molecule has 178 valence electrons. The SMILES string of the molecule is COc1ccc(Cn2nnc(-c3ccc(OC)c(C(=O)NCc4ccc(C(=O)O)cc4)c3)n2)cc1. The molecule has 1 heterocycles. The number of ether oxygens (including phenoxy) is 2. The highest BCUT2D eigenvalue weighted by molar-refractivity contribution is 5.98. The molecule has 4 aromatic rings. The van der Waals surface area contributed by atoms with Gasteiger partial charge in [0.25, 0.3) is 5.91 Å². The van der Waals surface area contributed by atoms with Crippen molar-refractivity contribution in [1.82, 2.24) is 25.5 Å². The summed E-state index contributed by atoms with van der Waals surface area (Å²) < 4.78 is 10.5. The van der Waals surface area contributed by atoms with Crippen LogP contribution in [0.4, 0.5) is 0 Å². The van der Waals surface area contributed by atoms with Crippen molar-refractivity contribution in [3.8, 4) is 22.9 Å². The number of carboxylic acids is 1. The van der Waals surface area contributed by atoms with Gasteiger partial charge in [0, 0.05) is 12.1 Å². The topological polar surface area (TPSA) is 128 Å². The Balaban J connectivity index is 1.48. The van der Waals surface area contributed by atoms with Gasteiger partial charge in [-0.2, -0.15) is 4.80 Å². The zero-order valence-electron chi connectivity index (χ0n) is 19.1. The van der Waals surface area contributed by atoms with E-state index in [0.29, 0.717) is 29.2 Å². The van der Waals surface area contributed by atoms with Gasteiger partial charge in [-0.05, 0) is 58.8 Å². The van der Waals surface area contributed by atoms with Crippen LogP contribution >= 0.6 is 0 Å². The number of rotatable bonds is 9. The molecule has 0 aliphatic rings. The molecule has 2 N–H and O–H groups in total. The van der Waals surface area contributed by atoms with Crippen LogP contribution in [0.3, 0.4) is 0 Å². The van der Waals surface area contributed by atoms with Gasteiger partial charge in [-0.1, -0.05) is 24.3 Å². The van der Waals surface area contributed by atoms with Gasteiger partial charge in [-0.25, -0.2) is 4.79 Å². The number of amides is 1. The van der Waals surface area contributed by atoms with Crippen LogP contribution < -0.4 is 14.8 Å². The fourth-order valence-electron chi connectivity index (χ4n) is 3.39. The predicted octanol–water partition coefficient (Wildman–Crippen LogP) is 3.03. The van der Waals surface area contributed by atoms with Crippen molar-refractivity contribution < 1.29 is 24.2 Å². The number of benzene rings is 3. The number of methoxy groups -OCH3 is 2. The Kier molecular flexibility index (Phi) is 7.01. The van der Waals surface area contributed by atoms with Crippen LogP contribution in [0, 0.1) is 0 Å². The van der Waals surface area contributed by atoms with Gasteiger partial charge < -0.3 is 19.9 Å². The number of carboxylic acid groups (broad SMARTS) is 1. The standard InChI is InChI=1S/C25H23N5O5/c1-34-20-10-5-17(6-11-20)15-30-28-23(27-29-30)19-9-12-22(35-2)21(13-19)24(31)26-14-16-3-7-18(8-4-16)25(32)33/h3-13H,14-15H2,1-2H3,(H,26,31)(H,32,33). The summed E-state index contributed by atoms with van der Waals surface area (Å²) in [5, 5.41) is 24.5. The zero-order valence-corrected chi connectivity index (χ0v) is 19.1. The first-order chi connectivity index (χ1) is 17.0. The minimum absolute atomic E-state index is 0.182. The van der Waals surface area contributed by atoms with Crippen molar-refractivity contribution in [2.24, 2.45) is 0 Å². The van der Waals surface area contributed by atoms with Crippen LogP contribution in [0.1, 0.15) is 31.8 Å². The molecule has 0 aliphatic carbocycles. The molecule has 10 heteroatoms. The van der Waals surface area contributed by atoms with Gasteiger partial charge in [0.05, 0.1) is 31.9 Å². The minimum Gasteiger partial charge on any atom is -0.497 e. The molecule has 0 fully saturated rings. The first-order valence-electron chi connectivity index (χ1n) is 10.7. The van der Waals surface area contributed by atoms with Gasteiger partial charge in [0.1, 0.15) is 11.5 Å². The van der Waals surface area contributed by atoms with Gasteiger partial charge in [0.15, 0.2) is 0 Å². The molecule has 3 aromatic carbocycles. The van der Waals surface area contributed by atoms with E-state index in [1.807, 2.05) is 24.3 Å². The van der Waals surface area contributed by atoms with Gasteiger partial charge in [0.2, 0.25) is 5.82 Å². The molecular formula is C25H23N5O5. The lowest BCUT2D eigenvalue weighted by Gasteiger charge is -2.10. The zero-order chi connectivity index (χ0) is 24.8. The van der Waals surface area contributed by atoms with Crippen LogP contribution in [-0.2, 0) is 13.1 Å². The summed E-state index contributed by atoms with van der Waals surface area (Å²) in [5.74, 6) is 0.188. The number of carbonyl (C=O) groups excluding carboxylic acids is 1. The predicted molar refractivity (Wildman–Crippen MR) is 126 cm³/mol. The van der Waals surface area contributed by atoms with Crippen molar-refractivity contribution in [3.05, 3.63) is 89.0 Å². The number of hydrogen-bond acceptors (Lipinski definition) is 7. The van der Waals surface area contributed by atoms with Crippen LogP contribution in [0.5, 0.6) is 11.5 Å². The summed E-state index contributed by atoms with van der Waals surface area (Å²) in [6.45, 7) is 0.656. The second kappa shape index (κ2) is 10.5. The number of nitrogens with zero attached hydrogens (tertiary/aromatic N) is 4. The maximum Gasteiger partial charge on any atom is 0.335 e. The Morgan fingerprint density at radius 3 is 2.31 bits per heavy atom. The number of hydrogen-bond donors (Lipinski definition) is 2. The quantitative estimate of drug-likeness (QED) is 0.380. The molecule has 0 atom stereocenters. The number of tetrazole rings is 1. The molecule has 10 nitrogen and oxygen atoms in total. The summed E-state index contributed by atoms with van der Waals surface area (Å²) in [6.07, 6.45) is 0. The second-order valence-corrected chi connectivity index (χ2v) is 7.59. The van der Waals surface area contributed by atoms with Crippen molar-refractivity contribution in [2.75, 3.05) is 14.2 Å². The van der Waals surface area contributed by atoms with Crippen molar-refractivity contribution >= 4 is 11.9 Å². The summed E-state index contributed by atoms with van der Waals surface area (Å²) in [7, 11) is 3.10. The summed E-state index contributed by atoms with van der Waals surface area (Å²) >= 11 is 0. The number of carbonyl (C=O) groups is 2. The van der Waals surface area contributed by atoms with E-state index in [4.69, 9.17) is 14.6 Å². The average molecular weight is 473 g/mol. The third-order valence-corrected chi connectivity index (χ3v) is 5.29. The maximum atomic E-state index is 12.9. The summed E-state index contributed by atoms with van der Waals surface area (Å²) in [5.41, 5.74) is 2.87. The first kappa shape index (κ1) is 23.4. The van der Waals surface area contributed by atoms with Crippen molar-refractivity contribution in [3.63, 3.8) is 0 Å². The van der Waals surface area contributed by atoms with Crippen molar-refractivity contribution in [2.45, 2.75) is 13.1 Å². The molecule has 35 heavy (non-hydrogen) atoms. The first-order valence-corrected chi connectivity index (χ1v) is 10.7. The van der Waals surface area contributed by atoms with Crippen molar-refractivity contribution in [1.29, 1.82) is 0 Å². The normalized spacial score (nSPS) is 10.6. The lowest BCUT2D eigenvalue weighted by molar-refractivity contribution is 0.0696. The van der Waals surface area contributed by atoms with E-state index in [9.17, 15) is 9.59 Å². The van der Waals surface area contributed by atoms with Crippen LogP contribution in [-0.4, -0.2) is 51.4 Å². The summed E-state index contributed by atoms with van der Waals surface area (Å²) in [4.78, 5) is 25.4. The fraction of sp³-hybridized carbons (Fsp3) is 0.160. The number of aromatic nitrogens is 4. The second-order valence-electron chi connectivity index (χ2n) is 7.59. The van der Waals surface area contributed by atoms with E-state index in [0.717, 1.165) is 16.9 Å². The highest BCUT2D eigenvalue weighted by Gasteiger charge is 2.16. The van der Waals surface area contributed by atoms with Gasteiger partial charge in [-0.15, -0.1) is 10.2 Å². The van der Waals surface area contributed by atoms with Gasteiger partial charge in [-0.3, -0.25) is 4.79 Å². The summed E-state index contributed by atoms with van der Waals surface area (Å²) in [6, 6.07) is 19.0. The Morgan fingerprint density at radius 2 is 1.66 bits per heavy atom. The molecule has 0 unspecified atom stereocenters. The molecule has 0 spiro atoms. The van der Waals surface area contributed by atoms with E-state index in [1.165, 1.54) is 24.0 Å². The molecule has 0 bridgehead atoms. The molecule has 0 saturated carbocycles. The van der Waals surface area contributed by atoms with E-state index >= 15 is 0 Å². The Hall–Kier alpha value is -4.73. The lowest BCUT2D eigenvalue weighted by Crippen LogP contribution is -2.23. The van der Waals surface area contributed by atoms with E-state index in [2.05, 4.69) is 20.7 Å². The van der Waals surface area contributed by atoms with Crippen LogP contribution in [0.2, 0.25) is 0 Å². The third kappa shape index (κ3) is 5.61. The van der Waals surface area contributed by atoms with E-state index < -0.39 is 5.97 Å². The van der Waals surface area contributed by atoms with Crippen LogP contribution in [0.15, 0.2) is 66.7 Å². The van der Waals surface area contributed by atoms with E-state index in [-0.39, 0.29) is 18.0 Å². The van der Waals surface area contributed by atoms with E-state index in [1.54, 1.807) is 37.4 Å². The third-order valence-electron chi connectivity index (χ3n) is 5.29. The minimum atomic E-state index is -1.00. The molecular weight excluding hydrogens is 450 g/mol. The van der Waals surface area contributed by atoms with Crippen LogP contribution in [0.25, 0.3) is 11.4 Å². The monoisotopic (exact) mass is 473 g/mol. The largest absolute Gasteiger partial charge is 0.497 e. The average Bonchev–Trinajstić information content (AvgIpc) is 3.36. The molecule has 0 radical (unpaired) electrons. The Bertz CT molecular complexity index is 1330. The highest BCUT2D eigenvalue weighted by Crippen LogP contribution is 2.25. The maximum absolute atomic E-state index is 12.9. The Morgan fingerprint density at radius 1 is 0.943 bits per heavy atom. The molecule has 0 aliphatic heterocycles. The number of aromatic carboxylic acids is 1. The fourth-order valence-corrected chi connectivity index (χ4v) is 3.39. The van der Waals surface area contributed by atoms with Gasteiger partial charge >= 0.3 is 5.97 Å². The molecule has 1 aromatic heterocycles. The molecule has 4 rings (SSSR count). The Labute approximate surface area is 201 Å². The number of nitrogens with one attached hydrogen (secondary N) is 1. The molecule has 0 saturated heterocycles. The lowest BCUT2D eigenvalue weighted by atomic mass is 10.1.